The second kappa shape index (κ2) is 7.94. The van der Waals surface area contributed by atoms with Gasteiger partial charge in [-0.1, -0.05) is 0 Å². The largest absolute Gasteiger partial charge is 0.416 e. The summed E-state index contributed by atoms with van der Waals surface area (Å²) in [7, 11) is 1.03. The van der Waals surface area contributed by atoms with E-state index in [9.17, 15) is 52.7 Å². The van der Waals surface area contributed by atoms with Gasteiger partial charge in [0.25, 0.3) is 0 Å². The molecule has 14 heteroatoms. The molecular weight excluding hydrogens is 496 g/mol. The lowest BCUT2D eigenvalue weighted by Crippen LogP contribution is -2.12. The van der Waals surface area contributed by atoms with Gasteiger partial charge < -0.3 is 4.57 Å². The zero-order valence-corrected chi connectivity index (χ0v) is 16.5. The third kappa shape index (κ3) is 5.14. The first-order valence-electron chi connectivity index (χ1n) is 8.90. The summed E-state index contributed by atoms with van der Waals surface area (Å²) < 4.78 is 158. The van der Waals surface area contributed by atoms with Gasteiger partial charge in [-0.25, -0.2) is 4.98 Å². The minimum atomic E-state index is -5.17. The molecule has 1 aromatic heterocycles. The van der Waals surface area contributed by atoms with Gasteiger partial charge in [-0.2, -0.15) is 52.7 Å². The van der Waals surface area contributed by atoms with Crippen molar-refractivity contribution in [2.24, 2.45) is 7.05 Å². The highest BCUT2D eigenvalue weighted by atomic mass is 19.4. The minimum absolute atomic E-state index is 0.122. The van der Waals surface area contributed by atoms with Gasteiger partial charge in [0.15, 0.2) is 0 Å². The minimum Gasteiger partial charge on any atom is -0.327 e. The van der Waals surface area contributed by atoms with Crippen LogP contribution in [0.1, 0.15) is 22.3 Å². The van der Waals surface area contributed by atoms with E-state index in [4.69, 9.17) is 0 Å². The SMILES string of the molecule is Cn1c(-c2cc(C(F)(F)F)cc(C(F)(F)F)c2)cnc1-c1cc(C(F)(F)F)cc(C(F)(F)F)c1. The molecule has 2 aromatic carbocycles. The number of rotatable bonds is 2. The molecule has 0 spiro atoms. The third-order valence-electron chi connectivity index (χ3n) is 4.72. The lowest BCUT2D eigenvalue weighted by atomic mass is 10.0. The molecule has 0 saturated heterocycles. The molecule has 0 amide bonds. The Kier molecular flexibility index (Phi) is 5.94. The van der Waals surface area contributed by atoms with Gasteiger partial charge in [0.2, 0.25) is 0 Å². The number of halogens is 12. The molecule has 1 heterocycles. The number of benzene rings is 2. The lowest BCUT2D eigenvalue weighted by Gasteiger charge is -2.16. The second-order valence-electron chi connectivity index (χ2n) is 7.12. The Morgan fingerprint density at radius 2 is 0.853 bits per heavy atom. The van der Waals surface area contributed by atoms with Crippen LogP contribution in [-0.4, -0.2) is 9.55 Å². The number of imidazole rings is 1. The summed E-state index contributed by atoms with van der Waals surface area (Å²) in [6, 6.07) is 1.16. The first-order valence-corrected chi connectivity index (χ1v) is 8.90. The van der Waals surface area contributed by atoms with Crippen LogP contribution in [0, 0.1) is 0 Å². The smallest absolute Gasteiger partial charge is 0.327 e. The van der Waals surface area contributed by atoms with E-state index in [0.717, 1.165) is 17.8 Å². The van der Waals surface area contributed by atoms with Crippen molar-refractivity contribution in [3.8, 4) is 22.6 Å². The van der Waals surface area contributed by atoms with Crippen LogP contribution in [0.25, 0.3) is 22.6 Å². The van der Waals surface area contributed by atoms with Crippen LogP contribution in [-0.2, 0) is 31.8 Å². The zero-order valence-electron chi connectivity index (χ0n) is 16.5. The fraction of sp³-hybridized carbons (Fsp3) is 0.250. The highest BCUT2D eigenvalue weighted by Crippen LogP contribution is 2.41. The maximum Gasteiger partial charge on any atom is 0.416 e. The number of alkyl halides is 12. The molecular formula is C20H10F12N2. The maximum absolute atomic E-state index is 13.1. The van der Waals surface area contributed by atoms with E-state index >= 15 is 0 Å². The Balaban J connectivity index is 2.23. The topological polar surface area (TPSA) is 17.8 Å². The monoisotopic (exact) mass is 506 g/mol. The van der Waals surface area contributed by atoms with Crippen LogP contribution in [0.4, 0.5) is 52.7 Å². The van der Waals surface area contributed by atoms with Gasteiger partial charge in [-0.05, 0) is 36.4 Å². The van der Waals surface area contributed by atoms with Crippen molar-refractivity contribution in [1.29, 1.82) is 0 Å². The normalized spacial score (nSPS) is 13.4. The predicted molar refractivity (Wildman–Crippen MR) is 94.1 cm³/mol. The molecule has 0 saturated carbocycles. The third-order valence-corrected chi connectivity index (χ3v) is 4.72. The van der Waals surface area contributed by atoms with Crippen molar-refractivity contribution in [3.63, 3.8) is 0 Å². The summed E-state index contributed by atoms with van der Waals surface area (Å²) in [5.41, 5.74) is -8.39. The molecule has 3 aromatic rings. The molecule has 0 fully saturated rings. The molecule has 0 radical (unpaired) electrons. The Hall–Kier alpha value is -3.19. The highest BCUT2D eigenvalue weighted by Gasteiger charge is 2.39. The molecule has 0 N–H and O–H groups in total. The van der Waals surface area contributed by atoms with Gasteiger partial charge in [0, 0.05) is 18.2 Å². The summed E-state index contributed by atoms with van der Waals surface area (Å²) >= 11 is 0. The molecule has 0 unspecified atom stereocenters. The Morgan fingerprint density at radius 1 is 0.529 bits per heavy atom. The van der Waals surface area contributed by atoms with Crippen LogP contribution in [0.2, 0.25) is 0 Å². The van der Waals surface area contributed by atoms with Crippen molar-refractivity contribution in [2.45, 2.75) is 24.7 Å². The van der Waals surface area contributed by atoms with E-state index in [1.807, 2.05) is 0 Å². The van der Waals surface area contributed by atoms with Gasteiger partial charge in [-0.15, -0.1) is 0 Å². The Labute approximate surface area is 182 Å². The van der Waals surface area contributed by atoms with E-state index in [1.165, 1.54) is 0 Å². The van der Waals surface area contributed by atoms with Crippen molar-refractivity contribution >= 4 is 0 Å². The van der Waals surface area contributed by atoms with Crippen molar-refractivity contribution in [1.82, 2.24) is 9.55 Å². The van der Waals surface area contributed by atoms with Crippen LogP contribution in [0.5, 0.6) is 0 Å². The number of hydrogen-bond donors (Lipinski definition) is 0. The summed E-state index contributed by atoms with van der Waals surface area (Å²) in [6.45, 7) is 0. The van der Waals surface area contributed by atoms with E-state index < -0.39 is 69.6 Å². The van der Waals surface area contributed by atoms with Crippen LogP contribution < -0.4 is 0 Å². The average molecular weight is 506 g/mol. The molecule has 0 aliphatic carbocycles. The molecule has 0 aliphatic heterocycles. The van der Waals surface area contributed by atoms with Crippen molar-refractivity contribution in [2.75, 3.05) is 0 Å². The summed E-state index contributed by atoms with van der Waals surface area (Å²) in [6.07, 6.45) is -19.9. The number of aromatic nitrogens is 2. The molecule has 0 bridgehead atoms. The van der Waals surface area contributed by atoms with E-state index in [2.05, 4.69) is 4.98 Å². The van der Waals surface area contributed by atoms with Crippen molar-refractivity contribution in [3.05, 3.63) is 64.8 Å². The summed E-state index contributed by atoms with van der Waals surface area (Å²) in [4.78, 5) is 3.66. The molecule has 34 heavy (non-hydrogen) atoms. The predicted octanol–water partition coefficient (Wildman–Crippen LogP) is 7.83. The van der Waals surface area contributed by atoms with Gasteiger partial charge in [0.05, 0.1) is 34.1 Å². The Bertz CT molecular complexity index is 1050. The second-order valence-corrected chi connectivity index (χ2v) is 7.12. The zero-order chi connectivity index (χ0) is 25.9. The molecule has 3 rings (SSSR count). The fourth-order valence-corrected chi connectivity index (χ4v) is 3.13. The molecule has 2 nitrogen and oxygen atoms in total. The first-order chi connectivity index (χ1) is 15.3. The van der Waals surface area contributed by atoms with Gasteiger partial charge in [0.1, 0.15) is 5.82 Å². The van der Waals surface area contributed by atoms with Gasteiger partial charge >= 0.3 is 24.7 Å². The fourth-order valence-electron chi connectivity index (χ4n) is 3.13. The molecule has 0 atom stereocenters. The summed E-state index contributed by atoms with van der Waals surface area (Å²) in [5, 5.41) is 0. The van der Waals surface area contributed by atoms with E-state index in [-0.39, 0.29) is 12.1 Å². The number of nitrogens with zero attached hydrogens (tertiary/aromatic N) is 2. The van der Waals surface area contributed by atoms with Crippen LogP contribution in [0.15, 0.2) is 42.6 Å². The standard InChI is InChI=1S/C20H10F12N2/c1-34-15(9-2-11(17(21,22)23)6-12(3-9)18(24,25)26)8-33-16(34)10-4-13(19(27,28)29)7-14(5-10)20(30,31)32/h2-8H,1H3. The average Bonchev–Trinajstić information content (AvgIpc) is 3.06. The Morgan fingerprint density at radius 3 is 1.18 bits per heavy atom. The number of hydrogen-bond acceptors (Lipinski definition) is 1. The van der Waals surface area contributed by atoms with E-state index in [1.54, 1.807) is 0 Å². The molecule has 0 aliphatic rings. The molecule has 184 valence electrons. The first kappa shape index (κ1) is 25.4. The quantitative estimate of drug-likeness (QED) is 0.324. The van der Waals surface area contributed by atoms with Crippen LogP contribution in [0.3, 0.4) is 0 Å². The lowest BCUT2D eigenvalue weighted by molar-refractivity contribution is -0.144. The van der Waals surface area contributed by atoms with Gasteiger partial charge in [-0.3, -0.25) is 0 Å². The van der Waals surface area contributed by atoms with Crippen LogP contribution >= 0.6 is 0 Å². The van der Waals surface area contributed by atoms with E-state index in [0.29, 0.717) is 24.3 Å². The maximum atomic E-state index is 13.1. The summed E-state index contributed by atoms with van der Waals surface area (Å²) in [5.74, 6) is -0.544. The highest BCUT2D eigenvalue weighted by molar-refractivity contribution is 5.68. The van der Waals surface area contributed by atoms with Crippen molar-refractivity contribution < 1.29 is 52.7 Å².